The van der Waals surface area contributed by atoms with Crippen molar-refractivity contribution in [2.45, 2.75) is 63.6 Å². The maximum atomic E-state index is 13.3. The molecule has 2 saturated heterocycles. The molecule has 3 fully saturated rings. The first-order valence-corrected chi connectivity index (χ1v) is 13.9. The highest BCUT2D eigenvalue weighted by atomic mass is 16.3. The minimum absolute atomic E-state index is 0.0163. The zero-order valence-electron chi connectivity index (χ0n) is 22.3. The van der Waals surface area contributed by atoms with Crippen LogP contribution in [0.2, 0.25) is 0 Å². The predicted molar refractivity (Wildman–Crippen MR) is 146 cm³/mol. The van der Waals surface area contributed by atoms with Gasteiger partial charge in [-0.05, 0) is 62.8 Å². The molecule has 2 aliphatic heterocycles. The number of benzene rings is 1. The fraction of sp³-hybridized carbons (Fsp3) is 0.536. The SMILES string of the molecule is CC(=O)NC1CCN(c2ccc(-n3ncc4c(=O)n(CC5(O)CCN(C(=O)C6CC6)CC5)cnc43)cc2)CC1. The van der Waals surface area contributed by atoms with E-state index in [1.165, 1.54) is 17.1 Å². The third kappa shape index (κ3) is 5.27. The number of hydrogen-bond donors (Lipinski definition) is 2. The molecular formula is C28H35N7O4. The van der Waals surface area contributed by atoms with E-state index in [-0.39, 0.29) is 35.9 Å². The smallest absolute Gasteiger partial charge is 0.264 e. The Kier molecular flexibility index (Phi) is 6.62. The van der Waals surface area contributed by atoms with Crippen LogP contribution in [0.1, 0.15) is 45.4 Å². The molecular weight excluding hydrogens is 498 g/mol. The maximum Gasteiger partial charge on any atom is 0.264 e. The molecule has 39 heavy (non-hydrogen) atoms. The van der Waals surface area contributed by atoms with Gasteiger partial charge < -0.3 is 20.2 Å². The van der Waals surface area contributed by atoms with Gasteiger partial charge in [0.25, 0.3) is 5.56 Å². The number of aromatic nitrogens is 4. The van der Waals surface area contributed by atoms with E-state index in [9.17, 15) is 19.5 Å². The molecule has 11 nitrogen and oxygen atoms in total. The quantitative estimate of drug-likeness (QED) is 0.491. The largest absolute Gasteiger partial charge is 0.388 e. The lowest BCUT2D eigenvalue weighted by Crippen LogP contribution is -2.50. The van der Waals surface area contributed by atoms with Crippen molar-refractivity contribution in [3.63, 3.8) is 0 Å². The molecule has 2 N–H and O–H groups in total. The van der Waals surface area contributed by atoms with E-state index in [1.807, 2.05) is 29.2 Å². The van der Waals surface area contributed by atoms with Crippen LogP contribution in [0.4, 0.5) is 5.69 Å². The second-order valence-electron chi connectivity index (χ2n) is 11.3. The van der Waals surface area contributed by atoms with Gasteiger partial charge in [0, 0.05) is 50.7 Å². The van der Waals surface area contributed by atoms with E-state index in [2.05, 4.69) is 20.3 Å². The first kappa shape index (κ1) is 25.5. The number of carbonyl (C=O) groups is 2. The number of carbonyl (C=O) groups excluding carboxylic acids is 2. The monoisotopic (exact) mass is 533 g/mol. The van der Waals surface area contributed by atoms with Crippen LogP contribution in [-0.4, -0.2) is 79.0 Å². The number of likely N-dealkylation sites (tertiary alicyclic amines) is 1. The fourth-order valence-electron chi connectivity index (χ4n) is 5.83. The Morgan fingerprint density at radius 3 is 2.33 bits per heavy atom. The van der Waals surface area contributed by atoms with Crippen molar-refractivity contribution in [1.29, 1.82) is 0 Å². The molecule has 3 aliphatic rings. The summed E-state index contributed by atoms with van der Waals surface area (Å²) in [6.07, 6.45) is 7.65. The van der Waals surface area contributed by atoms with Gasteiger partial charge in [-0.2, -0.15) is 5.10 Å². The molecule has 0 radical (unpaired) electrons. The number of nitrogens with zero attached hydrogens (tertiary/aromatic N) is 6. The van der Waals surface area contributed by atoms with E-state index in [0.29, 0.717) is 37.0 Å². The van der Waals surface area contributed by atoms with Crippen LogP contribution < -0.4 is 15.8 Å². The second kappa shape index (κ2) is 10.1. The number of nitrogens with one attached hydrogen (secondary N) is 1. The van der Waals surface area contributed by atoms with Crippen molar-refractivity contribution >= 4 is 28.5 Å². The molecule has 4 heterocycles. The molecule has 6 rings (SSSR count). The van der Waals surface area contributed by atoms with Gasteiger partial charge in [-0.3, -0.25) is 19.0 Å². The molecule has 2 aromatic heterocycles. The lowest BCUT2D eigenvalue weighted by molar-refractivity contribution is -0.137. The van der Waals surface area contributed by atoms with Crippen LogP contribution in [0.25, 0.3) is 16.7 Å². The maximum absolute atomic E-state index is 13.3. The second-order valence-corrected chi connectivity index (χ2v) is 11.3. The topological polar surface area (TPSA) is 126 Å². The van der Waals surface area contributed by atoms with Crippen LogP contribution in [-0.2, 0) is 16.1 Å². The lowest BCUT2D eigenvalue weighted by atomic mass is 9.91. The van der Waals surface area contributed by atoms with Gasteiger partial charge in [-0.1, -0.05) is 0 Å². The summed E-state index contributed by atoms with van der Waals surface area (Å²) in [7, 11) is 0. The summed E-state index contributed by atoms with van der Waals surface area (Å²) in [4.78, 5) is 45.6. The Labute approximate surface area is 226 Å². The Hall–Kier alpha value is -3.73. The van der Waals surface area contributed by atoms with Gasteiger partial charge in [0.15, 0.2) is 5.65 Å². The third-order valence-corrected chi connectivity index (χ3v) is 8.31. The molecule has 0 atom stereocenters. The Bertz CT molecular complexity index is 1430. The van der Waals surface area contributed by atoms with Crippen molar-refractivity contribution in [2.24, 2.45) is 5.92 Å². The van der Waals surface area contributed by atoms with Crippen molar-refractivity contribution in [1.82, 2.24) is 29.5 Å². The molecule has 1 saturated carbocycles. The van der Waals surface area contributed by atoms with Crippen LogP contribution >= 0.6 is 0 Å². The van der Waals surface area contributed by atoms with Crippen molar-refractivity contribution in [3.05, 3.63) is 47.1 Å². The Morgan fingerprint density at radius 2 is 1.69 bits per heavy atom. The molecule has 0 unspecified atom stereocenters. The molecule has 0 spiro atoms. The van der Waals surface area contributed by atoms with E-state index < -0.39 is 5.60 Å². The number of aliphatic hydroxyl groups is 1. The minimum atomic E-state index is -1.05. The molecule has 206 valence electrons. The molecule has 2 amide bonds. The lowest BCUT2D eigenvalue weighted by Gasteiger charge is -2.38. The number of rotatable bonds is 6. The number of hydrogen-bond acceptors (Lipinski definition) is 7. The fourth-order valence-corrected chi connectivity index (χ4v) is 5.83. The van der Waals surface area contributed by atoms with Crippen molar-refractivity contribution in [3.8, 4) is 5.69 Å². The summed E-state index contributed by atoms with van der Waals surface area (Å²) < 4.78 is 3.12. The summed E-state index contributed by atoms with van der Waals surface area (Å²) in [5.41, 5.74) is 1.08. The summed E-state index contributed by atoms with van der Waals surface area (Å²) in [5.74, 6) is 0.388. The van der Waals surface area contributed by atoms with Gasteiger partial charge in [0.2, 0.25) is 11.8 Å². The average Bonchev–Trinajstić information content (AvgIpc) is 3.69. The van der Waals surface area contributed by atoms with Gasteiger partial charge in [-0.25, -0.2) is 9.67 Å². The van der Waals surface area contributed by atoms with E-state index in [1.54, 1.807) is 11.6 Å². The van der Waals surface area contributed by atoms with Crippen molar-refractivity contribution < 1.29 is 14.7 Å². The molecule has 1 aromatic carbocycles. The van der Waals surface area contributed by atoms with Gasteiger partial charge in [0.1, 0.15) is 11.7 Å². The van der Waals surface area contributed by atoms with E-state index >= 15 is 0 Å². The number of anilines is 1. The number of piperidine rings is 2. The van der Waals surface area contributed by atoms with Crippen LogP contribution in [0, 0.1) is 5.92 Å². The first-order chi connectivity index (χ1) is 18.8. The molecule has 3 aromatic rings. The van der Waals surface area contributed by atoms with Crippen LogP contribution in [0.15, 0.2) is 41.6 Å². The zero-order chi connectivity index (χ0) is 27.1. The highest BCUT2D eigenvalue weighted by Crippen LogP contribution is 2.33. The Morgan fingerprint density at radius 1 is 1.03 bits per heavy atom. The standard InChI is InChI=1S/C28H35N7O4/c1-19(36)31-21-8-12-32(13-9-21)22-4-6-23(7-5-22)35-25-24(16-30-35)27(38)34(18-29-25)17-28(39)10-14-33(15-11-28)26(37)20-2-3-20/h4-7,16,18,20-21,39H,2-3,8-15,17H2,1H3,(H,31,36). The molecule has 0 bridgehead atoms. The summed E-state index contributed by atoms with van der Waals surface area (Å²) >= 11 is 0. The Balaban J connectivity index is 1.13. The molecule has 11 heteroatoms. The number of amides is 2. The van der Waals surface area contributed by atoms with Crippen molar-refractivity contribution in [2.75, 3.05) is 31.1 Å². The van der Waals surface area contributed by atoms with Gasteiger partial charge >= 0.3 is 0 Å². The van der Waals surface area contributed by atoms with Gasteiger partial charge in [-0.15, -0.1) is 0 Å². The van der Waals surface area contributed by atoms with E-state index in [0.717, 1.165) is 50.1 Å². The van der Waals surface area contributed by atoms with E-state index in [4.69, 9.17) is 0 Å². The summed E-state index contributed by atoms with van der Waals surface area (Å²) in [6.45, 7) is 4.46. The highest BCUT2D eigenvalue weighted by Gasteiger charge is 2.39. The third-order valence-electron chi connectivity index (χ3n) is 8.31. The average molecular weight is 534 g/mol. The first-order valence-electron chi connectivity index (χ1n) is 13.9. The highest BCUT2D eigenvalue weighted by molar-refractivity contribution is 5.81. The van der Waals surface area contributed by atoms with Crippen LogP contribution in [0.3, 0.4) is 0 Å². The summed E-state index contributed by atoms with van der Waals surface area (Å²) in [5, 5.41) is 19.0. The summed E-state index contributed by atoms with van der Waals surface area (Å²) in [6, 6.07) is 8.24. The predicted octanol–water partition coefficient (Wildman–Crippen LogP) is 1.45. The normalized spacial score (nSPS) is 19.8. The van der Waals surface area contributed by atoms with Gasteiger partial charge in [0.05, 0.1) is 24.0 Å². The minimum Gasteiger partial charge on any atom is -0.388 e. The molecule has 1 aliphatic carbocycles. The number of fused-ring (bicyclic) bond motifs is 1. The van der Waals surface area contributed by atoms with Crippen LogP contribution in [0.5, 0.6) is 0 Å². The zero-order valence-corrected chi connectivity index (χ0v) is 22.3.